The molecule has 5 rings (SSSR count). The first-order chi connectivity index (χ1) is 16.6. The fourth-order valence-electron chi connectivity index (χ4n) is 3.76. The summed E-state index contributed by atoms with van der Waals surface area (Å²) in [7, 11) is 3.15. The molecule has 7 nitrogen and oxygen atoms in total. The van der Waals surface area contributed by atoms with Crippen molar-refractivity contribution in [1.29, 1.82) is 0 Å². The number of hydrogen-bond acceptors (Lipinski definition) is 6. The predicted molar refractivity (Wildman–Crippen MR) is 133 cm³/mol. The van der Waals surface area contributed by atoms with Gasteiger partial charge in [-0.3, -0.25) is 4.98 Å². The van der Waals surface area contributed by atoms with Crippen molar-refractivity contribution in [1.82, 2.24) is 9.97 Å². The molecule has 0 unspecified atom stereocenters. The lowest BCUT2D eigenvalue weighted by Crippen LogP contribution is -1.99. The lowest BCUT2D eigenvalue weighted by molar-refractivity contribution is -0.130. The Labute approximate surface area is 198 Å². The number of nitrogens with one attached hydrogen (secondary N) is 1. The zero-order valence-electron chi connectivity index (χ0n) is 18.4. The second kappa shape index (κ2) is 8.92. The van der Waals surface area contributed by atoms with Crippen LogP contribution in [0.2, 0.25) is 0 Å². The van der Waals surface area contributed by atoms with E-state index in [2.05, 4.69) is 9.97 Å². The van der Waals surface area contributed by atoms with Crippen LogP contribution in [0.25, 0.3) is 32.6 Å². The van der Waals surface area contributed by atoms with Gasteiger partial charge in [0.25, 0.3) is 0 Å². The summed E-state index contributed by atoms with van der Waals surface area (Å²) >= 11 is 1.42. The van der Waals surface area contributed by atoms with Crippen molar-refractivity contribution in [2.24, 2.45) is 0 Å². The van der Waals surface area contributed by atoms with Gasteiger partial charge in [0.1, 0.15) is 5.75 Å². The Morgan fingerprint density at radius 2 is 1.79 bits per heavy atom. The number of aromatic nitrogens is 2. The molecule has 0 atom stereocenters. The third kappa shape index (κ3) is 3.95. The summed E-state index contributed by atoms with van der Waals surface area (Å²) in [6, 6.07) is 14.8. The van der Waals surface area contributed by atoms with Gasteiger partial charge in [-0.25, -0.2) is 4.79 Å². The number of methoxy groups -OCH3 is 2. The van der Waals surface area contributed by atoms with Gasteiger partial charge in [0.2, 0.25) is 0 Å². The molecule has 0 amide bonds. The molecule has 8 heteroatoms. The molecule has 170 valence electrons. The summed E-state index contributed by atoms with van der Waals surface area (Å²) < 4.78 is 18.2. The highest BCUT2D eigenvalue weighted by Gasteiger charge is 2.20. The zero-order valence-corrected chi connectivity index (χ0v) is 19.2. The van der Waals surface area contributed by atoms with E-state index in [9.17, 15) is 9.90 Å². The summed E-state index contributed by atoms with van der Waals surface area (Å²) in [5, 5.41) is 11.7. The highest BCUT2D eigenvalue weighted by atomic mass is 32.1. The van der Waals surface area contributed by atoms with Crippen molar-refractivity contribution in [3.05, 3.63) is 77.6 Å². The van der Waals surface area contributed by atoms with Gasteiger partial charge in [-0.1, -0.05) is 0 Å². The molecule has 2 N–H and O–H groups in total. The van der Waals surface area contributed by atoms with Crippen molar-refractivity contribution in [2.75, 3.05) is 14.2 Å². The third-order valence-electron chi connectivity index (χ3n) is 5.42. The number of H-pyrrole nitrogens is 1. The minimum Gasteiger partial charge on any atom is -0.493 e. The molecule has 0 saturated heterocycles. The van der Waals surface area contributed by atoms with Crippen LogP contribution in [-0.4, -0.2) is 35.3 Å². The van der Waals surface area contributed by atoms with Crippen molar-refractivity contribution in [3.63, 3.8) is 0 Å². The number of thiophene rings is 1. The third-order valence-corrected chi connectivity index (χ3v) is 6.50. The summed E-state index contributed by atoms with van der Waals surface area (Å²) in [5.74, 6) is 1.28. The number of aromatic amines is 1. The number of ether oxygens (including phenoxy) is 3. The van der Waals surface area contributed by atoms with Crippen LogP contribution in [0.4, 0.5) is 0 Å². The molecular weight excluding hydrogens is 452 g/mol. The van der Waals surface area contributed by atoms with Gasteiger partial charge in [-0.05, 0) is 54.1 Å². The Morgan fingerprint density at radius 1 is 1.03 bits per heavy atom. The van der Waals surface area contributed by atoms with E-state index in [1.54, 1.807) is 44.8 Å². The second-order valence-corrected chi connectivity index (χ2v) is 8.51. The van der Waals surface area contributed by atoms with Gasteiger partial charge in [0.05, 0.1) is 24.7 Å². The fraction of sp³-hybridized carbons (Fsp3) is 0.0769. The van der Waals surface area contributed by atoms with Crippen LogP contribution in [0.5, 0.6) is 23.0 Å². The largest absolute Gasteiger partial charge is 0.493 e. The van der Waals surface area contributed by atoms with Crippen LogP contribution in [0.15, 0.2) is 67.1 Å². The Morgan fingerprint density at radius 3 is 2.53 bits per heavy atom. The number of aliphatic carboxylic acids is 1. The van der Waals surface area contributed by atoms with Gasteiger partial charge in [0, 0.05) is 45.6 Å². The number of carboxylic acids is 1. The Bertz CT molecular complexity index is 1540. The maximum absolute atomic E-state index is 12.1. The average molecular weight is 473 g/mol. The van der Waals surface area contributed by atoms with Crippen molar-refractivity contribution in [2.45, 2.75) is 0 Å². The second-order valence-electron chi connectivity index (χ2n) is 7.43. The Kier molecular flexibility index (Phi) is 5.65. The van der Waals surface area contributed by atoms with E-state index in [0.29, 0.717) is 33.4 Å². The molecule has 0 aliphatic carbocycles. The first-order valence-corrected chi connectivity index (χ1v) is 11.2. The van der Waals surface area contributed by atoms with Crippen LogP contribution in [0.1, 0.15) is 10.4 Å². The highest BCUT2D eigenvalue weighted by Crippen LogP contribution is 2.46. The molecule has 34 heavy (non-hydrogen) atoms. The van der Waals surface area contributed by atoms with Gasteiger partial charge < -0.3 is 24.3 Å². The summed E-state index contributed by atoms with van der Waals surface area (Å²) in [6.07, 6.45) is 6.63. The maximum atomic E-state index is 12.1. The topological polar surface area (TPSA) is 93.7 Å². The Hall–Kier alpha value is -4.30. The van der Waals surface area contributed by atoms with E-state index in [-0.39, 0.29) is 5.57 Å². The number of fused-ring (bicyclic) bond motifs is 2. The van der Waals surface area contributed by atoms with E-state index in [0.717, 1.165) is 21.0 Å². The van der Waals surface area contributed by atoms with E-state index in [1.165, 1.54) is 11.3 Å². The minimum absolute atomic E-state index is 0.138. The molecule has 3 heterocycles. The highest BCUT2D eigenvalue weighted by molar-refractivity contribution is 7.20. The summed E-state index contributed by atoms with van der Waals surface area (Å²) in [4.78, 5) is 20.0. The SMILES string of the molecule is COc1cc2sc(/C=C(/C(=O)O)c3ccncc3)c(Oc3ccc4[nH]ccc4c3)c2cc1OC. The van der Waals surface area contributed by atoms with E-state index in [4.69, 9.17) is 14.2 Å². The van der Waals surface area contributed by atoms with Gasteiger partial charge >= 0.3 is 5.97 Å². The van der Waals surface area contributed by atoms with Crippen LogP contribution >= 0.6 is 11.3 Å². The molecule has 0 aliphatic rings. The predicted octanol–water partition coefficient (Wildman–Crippen LogP) is 6.21. The molecule has 0 radical (unpaired) electrons. The zero-order chi connectivity index (χ0) is 23.7. The van der Waals surface area contributed by atoms with E-state index < -0.39 is 5.97 Å². The summed E-state index contributed by atoms with van der Waals surface area (Å²) in [5.41, 5.74) is 1.69. The molecule has 0 bridgehead atoms. The molecule has 5 aromatic rings. The van der Waals surface area contributed by atoms with Crippen LogP contribution in [0.3, 0.4) is 0 Å². The van der Waals surface area contributed by atoms with Gasteiger partial charge in [0.15, 0.2) is 17.2 Å². The number of benzene rings is 2. The van der Waals surface area contributed by atoms with Crippen LogP contribution < -0.4 is 14.2 Å². The molecule has 0 saturated carbocycles. The summed E-state index contributed by atoms with van der Waals surface area (Å²) in [6.45, 7) is 0. The van der Waals surface area contributed by atoms with Gasteiger partial charge in [-0.15, -0.1) is 11.3 Å². The molecule has 3 aromatic heterocycles. The maximum Gasteiger partial charge on any atom is 0.336 e. The monoisotopic (exact) mass is 472 g/mol. The van der Waals surface area contributed by atoms with Crippen molar-refractivity contribution >= 4 is 49.9 Å². The first kappa shape index (κ1) is 21.5. The lowest BCUT2D eigenvalue weighted by atomic mass is 10.1. The van der Waals surface area contributed by atoms with Gasteiger partial charge in [-0.2, -0.15) is 0 Å². The molecular formula is C26H20N2O5S. The number of pyridine rings is 1. The Balaban J connectivity index is 1.71. The van der Waals surface area contributed by atoms with Crippen molar-refractivity contribution < 1.29 is 24.1 Å². The smallest absolute Gasteiger partial charge is 0.336 e. The van der Waals surface area contributed by atoms with E-state index in [1.807, 2.05) is 42.6 Å². The standard InChI is InChI=1S/C26H20N2O5S/c1-31-21-12-19-23(14-22(21)32-2)34-24(13-18(26(29)30)15-5-8-27-9-6-15)25(19)33-17-3-4-20-16(11-17)7-10-28-20/h3-14,28H,1-2H3,(H,29,30)/b18-13+. The minimum atomic E-state index is -1.04. The number of carbonyl (C=O) groups is 1. The number of hydrogen-bond donors (Lipinski definition) is 2. The van der Waals surface area contributed by atoms with Crippen LogP contribution in [0, 0.1) is 0 Å². The fourth-order valence-corrected chi connectivity index (χ4v) is 4.85. The van der Waals surface area contributed by atoms with E-state index >= 15 is 0 Å². The molecule has 0 spiro atoms. The lowest BCUT2D eigenvalue weighted by Gasteiger charge is -2.10. The normalized spacial score (nSPS) is 11.6. The first-order valence-electron chi connectivity index (χ1n) is 10.4. The number of carboxylic acid groups (broad SMARTS) is 1. The average Bonchev–Trinajstić information content (AvgIpc) is 3.45. The molecule has 2 aromatic carbocycles. The molecule has 0 fully saturated rings. The molecule has 0 aliphatic heterocycles. The quantitative estimate of drug-likeness (QED) is 0.274. The van der Waals surface area contributed by atoms with Crippen molar-refractivity contribution in [3.8, 4) is 23.0 Å². The number of nitrogens with zero attached hydrogens (tertiary/aromatic N) is 1. The van der Waals surface area contributed by atoms with Crippen LogP contribution in [-0.2, 0) is 4.79 Å². The number of rotatable bonds is 7.